The van der Waals surface area contributed by atoms with Crippen LogP contribution in [0.5, 0.6) is 5.75 Å². The van der Waals surface area contributed by atoms with Crippen molar-refractivity contribution in [3.63, 3.8) is 0 Å². The van der Waals surface area contributed by atoms with Gasteiger partial charge in [-0.2, -0.15) is 0 Å². The quantitative estimate of drug-likeness (QED) is 0.278. The first-order valence-electron chi connectivity index (χ1n) is 11.4. The number of hydrogen-bond acceptors (Lipinski definition) is 8. The Morgan fingerprint density at radius 1 is 1.03 bits per heavy atom. The lowest BCUT2D eigenvalue weighted by molar-refractivity contribution is -0.140. The Balaban J connectivity index is 1.74. The SMILES string of the molecule is COC(=O)c1ccc(C2/C(=C(\O)c3cccc(OC)c3)C(=O)C(=O)N2CCN2CCOCC2)cc1. The first kappa shape index (κ1) is 24.4. The molecule has 2 aromatic carbocycles. The fraction of sp³-hybridized carbons (Fsp3) is 0.346. The minimum absolute atomic E-state index is 0.00366. The molecule has 0 aromatic heterocycles. The van der Waals surface area contributed by atoms with E-state index in [0.717, 1.165) is 13.1 Å². The summed E-state index contributed by atoms with van der Waals surface area (Å²) >= 11 is 0. The standard InChI is InChI=1S/C26H28N2O7/c1-33-20-5-3-4-19(16-20)23(29)21-22(17-6-8-18(9-7-17)26(32)34-2)28(25(31)24(21)30)11-10-27-12-14-35-15-13-27/h3-9,16,22,29H,10-15H2,1-2H3/b23-21+. The van der Waals surface area contributed by atoms with Crippen LogP contribution < -0.4 is 4.74 Å². The minimum Gasteiger partial charge on any atom is -0.507 e. The molecule has 1 atom stereocenters. The van der Waals surface area contributed by atoms with E-state index in [0.29, 0.717) is 48.7 Å². The molecular weight excluding hydrogens is 452 g/mol. The van der Waals surface area contributed by atoms with Crippen LogP contribution in [0.3, 0.4) is 0 Å². The number of benzene rings is 2. The summed E-state index contributed by atoms with van der Waals surface area (Å²) in [7, 11) is 2.80. The van der Waals surface area contributed by atoms with Gasteiger partial charge in [0.25, 0.3) is 11.7 Å². The zero-order valence-electron chi connectivity index (χ0n) is 19.7. The third-order valence-corrected chi connectivity index (χ3v) is 6.29. The average Bonchev–Trinajstić information content (AvgIpc) is 3.16. The number of ether oxygens (including phenoxy) is 3. The van der Waals surface area contributed by atoms with E-state index in [4.69, 9.17) is 14.2 Å². The van der Waals surface area contributed by atoms with E-state index < -0.39 is 23.7 Å². The van der Waals surface area contributed by atoms with Crippen molar-refractivity contribution in [3.05, 3.63) is 70.8 Å². The molecule has 2 aromatic rings. The van der Waals surface area contributed by atoms with E-state index >= 15 is 0 Å². The third-order valence-electron chi connectivity index (χ3n) is 6.29. The van der Waals surface area contributed by atoms with E-state index in [9.17, 15) is 19.5 Å². The van der Waals surface area contributed by atoms with Crippen molar-refractivity contribution in [2.75, 3.05) is 53.6 Å². The highest BCUT2D eigenvalue weighted by Crippen LogP contribution is 2.39. The number of carbonyl (C=O) groups is 3. The number of morpholine rings is 1. The molecule has 0 bridgehead atoms. The van der Waals surface area contributed by atoms with Crippen molar-refractivity contribution in [2.45, 2.75) is 6.04 Å². The molecule has 2 fully saturated rings. The van der Waals surface area contributed by atoms with Gasteiger partial charge in [-0.25, -0.2) is 4.79 Å². The van der Waals surface area contributed by atoms with E-state index in [2.05, 4.69) is 4.90 Å². The molecular formula is C26H28N2O7. The summed E-state index contributed by atoms with van der Waals surface area (Å²) in [6, 6.07) is 12.4. The van der Waals surface area contributed by atoms with Gasteiger partial charge in [0.15, 0.2) is 0 Å². The zero-order valence-corrected chi connectivity index (χ0v) is 19.7. The smallest absolute Gasteiger partial charge is 0.337 e. The number of nitrogens with zero attached hydrogens (tertiary/aromatic N) is 2. The monoisotopic (exact) mass is 480 g/mol. The van der Waals surface area contributed by atoms with E-state index in [1.165, 1.54) is 19.1 Å². The Morgan fingerprint density at radius 3 is 2.40 bits per heavy atom. The fourth-order valence-electron chi connectivity index (χ4n) is 4.38. The lowest BCUT2D eigenvalue weighted by Crippen LogP contribution is -2.42. The van der Waals surface area contributed by atoms with Gasteiger partial charge in [-0.05, 0) is 29.8 Å². The van der Waals surface area contributed by atoms with Crippen LogP contribution in [0.25, 0.3) is 5.76 Å². The molecule has 2 aliphatic heterocycles. The molecule has 2 aliphatic rings. The highest BCUT2D eigenvalue weighted by atomic mass is 16.5. The number of amides is 1. The molecule has 184 valence electrons. The van der Waals surface area contributed by atoms with Gasteiger partial charge in [-0.3, -0.25) is 14.5 Å². The molecule has 2 heterocycles. The first-order chi connectivity index (χ1) is 16.9. The van der Waals surface area contributed by atoms with Crippen LogP contribution >= 0.6 is 0 Å². The normalized spacial score (nSPS) is 20.2. The molecule has 2 saturated heterocycles. The minimum atomic E-state index is -0.811. The topological polar surface area (TPSA) is 106 Å². The number of aliphatic hydroxyl groups excluding tert-OH is 1. The Bertz CT molecular complexity index is 1140. The van der Waals surface area contributed by atoms with E-state index in [1.54, 1.807) is 48.5 Å². The maximum absolute atomic E-state index is 13.2. The number of ketones is 1. The van der Waals surface area contributed by atoms with E-state index in [1.807, 2.05) is 0 Å². The number of rotatable bonds is 7. The summed E-state index contributed by atoms with van der Waals surface area (Å²) in [6.45, 7) is 3.58. The van der Waals surface area contributed by atoms with E-state index in [-0.39, 0.29) is 11.3 Å². The predicted octanol–water partition coefficient (Wildman–Crippen LogP) is 2.24. The van der Waals surface area contributed by atoms with Crippen molar-refractivity contribution >= 4 is 23.4 Å². The van der Waals surface area contributed by atoms with Crippen LogP contribution in [0.1, 0.15) is 27.5 Å². The van der Waals surface area contributed by atoms with Crippen molar-refractivity contribution in [1.82, 2.24) is 9.80 Å². The van der Waals surface area contributed by atoms with Crippen LogP contribution in [-0.4, -0.2) is 86.2 Å². The summed E-state index contributed by atoms with van der Waals surface area (Å²) in [6.07, 6.45) is 0. The van der Waals surface area contributed by atoms with Gasteiger partial charge < -0.3 is 24.2 Å². The van der Waals surface area contributed by atoms with Crippen LogP contribution in [0.15, 0.2) is 54.1 Å². The Morgan fingerprint density at radius 2 is 1.74 bits per heavy atom. The van der Waals surface area contributed by atoms with Crippen LogP contribution in [0, 0.1) is 0 Å². The second kappa shape index (κ2) is 10.7. The highest BCUT2D eigenvalue weighted by Gasteiger charge is 2.46. The summed E-state index contributed by atoms with van der Waals surface area (Å²) in [4.78, 5) is 41.9. The molecule has 1 N–H and O–H groups in total. The predicted molar refractivity (Wildman–Crippen MR) is 127 cm³/mol. The molecule has 0 aliphatic carbocycles. The number of esters is 1. The average molecular weight is 481 g/mol. The second-order valence-electron chi connectivity index (χ2n) is 8.29. The molecule has 9 nitrogen and oxygen atoms in total. The largest absolute Gasteiger partial charge is 0.507 e. The van der Waals surface area contributed by atoms with Crippen molar-refractivity contribution in [2.24, 2.45) is 0 Å². The number of carbonyl (C=O) groups excluding carboxylic acids is 3. The van der Waals surface area contributed by atoms with Crippen LogP contribution in [-0.2, 0) is 19.1 Å². The van der Waals surface area contributed by atoms with Gasteiger partial charge in [0.2, 0.25) is 0 Å². The Labute approximate surface area is 203 Å². The number of aliphatic hydroxyl groups is 1. The van der Waals surface area contributed by atoms with Gasteiger partial charge in [0.05, 0.1) is 44.6 Å². The second-order valence-corrected chi connectivity index (χ2v) is 8.29. The number of Topliss-reactive ketones (excluding diaryl/α,β-unsaturated/α-hetero) is 1. The van der Waals surface area contributed by atoms with Crippen LogP contribution in [0.4, 0.5) is 0 Å². The Hall–Kier alpha value is -3.69. The molecule has 1 unspecified atom stereocenters. The summed E-state index contributed by atoms with van der Waals surface area (Å²) in [5.74, 6) is -1.69. The van der Waals surface area contributed by atoms with Crippen molar-refractivity contribution < 1.29 is 33.7 Å². The summed E-state index contributed by atoms with van der Waals surface area (Å²) in [5, 5.41) is 11.2. The van der Waals surface area contributed by atoms with Gasteiger partial charge in [0, 0.05) is 31.7 Å². The lowest BCUT2D eigenvalue weighted by Gasteiger charge is -2.31. The number of methoxy groups -OCH3 is 2. The van der Waals surface area contributed by atoms with Gasteiger partial charge in [0.1, 0.15) is 11.5 Å². The molecule has 0 spiro atoms. The van der Waals surface area contributed by atoms with Crippen molar-refractivity contribution in [1.29, 1.82) is 0 Å². The highest BCUT2D eigenvalue weighted by molar-refractivity contribution is 6.46. The first-order valence-corrected chi connectivity index (χ1v) is 11.4. The fourth-order valence-corrected chi connectivity index (χ4v) is 4.38. The van der Waals surface area contributed by atoms with Crippen LogP contribution in [0.2, 0.25) is 0 Å². The summed E-state index contributed by atoms with van der Waals surface area (Å²) < 4.78 is 15.4. The Kier molecular flexibility index (Phi) is 7.48. The maximum atomic E-state index is 13.2. The zero-order chi connectivity index (χ0) is 24.9. The van der Waals surface area contributed by atoms with Gasteiger partial charge in [-0.1, -0.05) is 24.3 Å². The molecule has 1 amide bonds. The maximum Gasteiger partial charge on any atom is 0.337 e. The summed E-state index contributed by atoms with van der Waals surface area (Å²) in [5.41, 5.74) is 1.31. The lowest BCUT2D eigenvalue weighted by atomic mass is 9.94. The molecule has 9 heteroatoms. The molecule has 35 heavy (non-hydrogen) atoms. The molecule has 4 rings (SSSR count). The van der Waals surface area contributed by atoms with Gasteiger partial charge >= 0.3 is 5.97 Å². The van der Waals surface area contributed by atoms with Gasteiger partial charge in [-0.15, -0.1) is 0 Å². The number of hydrogen-bond donors (Lipinski definition) is 1. The molecule has 0 radical (unpaired) electrons. The molecule has 0 saturated carbocycles. The third kappa shape index (κ3) is 5.06. The number of likely N-dealkylation sites (tertiary alicyclic amines) is 1. The van der Waals surface area contributed by atoms with Crippen molar-refractivity contribution in [3.8, 4) is 5.75 Å².